The zero-order valence-electron chi connectivity index (χ0n) is 12.9. The summed E-state index contributed by atoms with van der Waals surface area (Å²) < 4.78 is 0. The fourth-order valence-corrected chi connectivity index (χ4v) is 3.35. The number of carbonyl (C=O) groups excluding carboxylic acids is 1. The monoisotopic (exact) mass is 292 g/mol. The molecule has 2 aliphatic rings. The van der Waals surface area contributed by atoms with E-state index >= 15 is 0 Å². The van der Waals surface area contributed by atoms with Gasteiger partial charge in [0.05, 0.1) is 5.52 Å². The summed E-state index contributed by atoms with van der Waals surface area (Å²) in [7, 11) is 0. The second kappa shape index (κ2) is 5.24. The van der Waals surface area contributed by atoms with Crippen molar-refractivity contribution in [1.29, 1.82) is 0 Å². The van der Waals surface area contributed by atoms with Gasteiger partial charge in [-0.1, -0.05) is 11.1 Å². The molecule has 112 valence electrons. The minimum atomic E-state index is 0.157. The second-order valence-electron chi connectivity index (χ2n) is 6.36. The van der Waals surface area contributed by atoms with E-state index in [0.29, 0.717) is 0 Å². The highest BCUT2D eigenvalue weighted by Crippen LogP contribution is 2.36. The van der Waals surface area contributed by atoms with Crippen molar-refractivity contribution < 1.29 is 4.79 Å². The number of nitrogens with zero attached hydrogens (tertiary/aromatic N) is 2. The van der Waals surface area contributed by atoms with E-state index in [9.17, 15) is 4.79 Å². The Kier molecular flexibility index (Phi) is 3.21. The lowest BCUT2D eigenvalue weighted by Crippen LogP contribution is -2.36. The molecule has 2 fully saturated rings. The Bertz CT molecular complexity index is 775. The first-order valence-electron chi connectivity index (χ1n) is 8.07. The minimum Gasteiger partial charge on any atom is -0.338 e. The number of likely N-dealkylation sites (tertiary alicyclic amines) is 1. The predicted octanol–water partition coefficient (Wildman–Crippen LogP) is 3.87. The zero-order chi connectivity index (χ0) is 15.1. The SMILES string of the molecule is Cc1ccnc2ccc(C(=O)N3CCC(=C4CC4)CC3)cc12. The summed E-state index contributed by atoms with van der Waals surface area (Å²) in [6, 6.07) is 7.85. The first-order valence-corrected chi connectivity index (χ1v) is 8.07. The molecule has 0 bridgehead atoms. The van der Waals surface area contributed by atoms with E-state index in [1.165, 1.54) is 18.4 Å². The van der Waals surface area contributed by atoms with Gasteiger partial charge < -0.3 is 4.90 Å². The summed E-state index contributed by atoms with van der Waals surface area (Å²) in [5.74, 6) is 0.157. The molecule has 3 heteroatoms. The van der Waals surface area contributed by atoms with Crippen LogP contribution in [0.1, 0.15) is 41.6 Å². The van der Waals surface area contributed by atoms with Crippen LogP contribution >= 0.6 is 0 Å². The highest BCUT2D eigenvalue weighted by atomic mass is 16.2. The number of rotatable bonds is 1. The molecule has 1 aromatic heterocycles. The Balaban J connectivity index is 1.57. The Morgan fingerprint density at radius 3 is 2.50 bits per heavy atom. The van der Waals surface area contributed by atoms with Crippen LogP contribution in [0.2, 0.25) is 0 Å². The van der Waals surface area contributed by atoms with Crippen molar-refractivity contribution in [1.82, 2.24) is 9.88 Å². The number of piperidine rings is 1. The maximum atomic E-state index is 12.7. The number of aryl methyl sites for hydroxylation is 1. The number of benzene rings is 1. The lowest BCUT2D eigenvalue weighted by Gasteiger charge is -2.28. The number of hydrogen-bond donors (Lipinski definition) is 0. The van der Waals surface area contributed by atoms with E-state index in [1.807, 2.05) is 35.4 Å². The van der Waals surface area contributed by atoms with E-state index < -0.39 is 0 Å². The molecule has 1 aromatic carbocycles. The highest BCUT2D eigenvalue weighted by molar-refractivity contribution is 5.98. The Morgan fingerprint density at radius 2 is 1.77 bits per heavy atom. The molecule has 2 heterocycles. The van der Waals surface area contributed by atoms with Gasteiger partial charge in [0.2, 0.25) is 0 Å². The van der Waals surface area contributed by atoms with Crippen LogP contribution in [0.15, 0.2) is 41.6 Å². The van der Waals surface area contributed by atoms with Crippen LogP contribution < -0.4 is 0 Å². The zero-order valence-corrected chi connectivity index (χ0v) is 12.9. The molecule has 3 nitrogen and oxygen atoms in total. The number of hydrogen-bond acceptors (Lipinski definition) is 2. The molecule has 0 N–H and O–H groups in total. The Hall–Kier alpha value is -2.16. The molecular weight excluding hydrogens is 272 g/mol. The van der Waals surface area contributed by atoms with Gasteiger partial charge in [0.15, 0.2) is 0 Å². The van der Waals surface area contributed by atoms with Crippen LogP contribution in [-0.4, -0.2) is 28.9 Å². The van der Waals surface area contributed by atoms with Gasteiger partial charge in [-0.25, -0.2) is 0 Å². The molecule has 1 saturated heterocycles. The summed E-state index contributed by atoms with van der Waals surface area (Å²) in [4.78, 5) is 19.1. The van der Waals surface area contributed by atoms with Crippen molar-refractivity contribution in [3.8, 4) is 0 Å². The maximum Gasteiger partial charge on any atom is 0.253 e. The Morgan fingerprint density at radius 1 is 1.05 bits per heavy atom. The average molecular weight is 292 g/mol. The van der Waals surface area contributed by atoms with Gasteiger partial charge in [-0.2, -0.15) is 0 Å². The standard InChI is InChI=1S/C19H20N2O/c1-13-6-9-20-18-5-4-16(12-17(13)18)19(22)21-10-7-15(8-11-21)14-2-3-14/h4-6,9,12H,2-3,7-8,10-11H2,1H3. The summed E-state index contributed by atoms with van der Waals surface area (Å²) in [6.45, 7) is 3.79. The highest BCUT2D eigenvalue weighted by Gasteiger charge is 2.25. The number of fused-ring (bicyclic) bond motifs is 1. The first kappa shape index (κ1) is 13.5. The lowest BCUT2D eigenvalue weighted by molar-refractivity contribution is 0.0743. The number of amides is 1. The van der Waals surface area contributed by atoms with E-state index in [4.69, 9.17) is 0 Å². The van der Waals surface area contributed by atoms with Gasteiger partial charge in [-0.3, -0.25) is 9.78 Å². The molecule has 0 spiro atoms. The van der Waals surface area contributed by atoms with E-state index in [0.717, 1.165) is 42.4 Å². The summed E-state index contributed by atoms with van der Waals surface area (Å²) >= 11 is 0. The molecule has 1 saturated carbocycles. The van der Waals surface area contributed by atoms with Crippen molar-refractivity contribution in [3.63, 3.8) is 0 Å². The van der Waals surface area contributed by atoms with Crippen LogP contribution in [0, 0.1) is 6.92 Å². The van der Waals surface area contributed by atoms with E-state index in [-0.39, 0.29) is 5.91 Å². The Labute approximate surface area is 130 Å². The van der Waals surface area contributed by atoms with Crippen LogP contribution in [-0.2, 0) is 0 Å². The fourth-order valence-electron chi connectivity index (χ4n) is 3.35. The van der Waals surface area contributed by atoms with Crippen LogP contribution in [0.25, 0.3) is 10.9 Å². The van der Waals surface area contributed by atoms with Crippen molar-refractivity contribution in [2.45, 2.75) is 32.6 Å². The normalized spacial score (nSPS) is 18.0. The summed E-state index contributed by atoms with van der Waals surface area (Å²) in [5, 5.41) is 1.08. The number of aromatic nitrogens is 1. The maximum absolute atomic E-state index is 12.7. The number of allylic oxidation sites excluding steroid dienone is 1. The minimum absolute atomic E-state index is 0.157. The summed E-state index contributed by atoms with van der Waals surface area (Å²) in [6.07, 6.45) is 6.53. The average Bonchev–Trinajstić information content (AvgIpc) is 3.39. The van der Waals surface area contributed by atoms with Gasteiger partial charge in [0.1, 0.15) is 0 Å². The molecule has 0 unspecified atom stereocenters. The lowest BCUT2D eigenvalue weighted by atomic mass is 10.0. The first-order chi connectivity index (χ1) is 10.7. The molecule has 2 aromatic rings. The van der Waals surface area contributed by atoms with Crippen molar-refractivity contribution in [2.75, 3.05) is 13.1 Å². The van der Waals surface area contributed by atoms with Gasteiger partial charge in [-0.15, -0.1) is 0 Å². The van der Waals surface area contributed by atoms with Crippen LogP contribution in [0.3, 0.4) is 0 Å². The largest absolute Gasteiger partial charge is 0.338 e. The molecule has 1 aliphatic heterocycles. The summed E-state index contributed by atoms with van der Waals surface area (Å²) in [5.41, 5.74) is 6.17. The molecular formula is C19H20N2O. The number of carbonyl (C=O) groups is 1. The van der Waals surface area contributed by atoms with Gasteiger partial charge in [0, 0.05) is 30.2 Å². The van der Waals surface area contributed by atoms with Gasteiger partial charge in [-0.05, 0) is 62.4 Å². The number of pyridine rings is 1. The topological polar surface area (TPSA) is 33.2 Å². The second-order valence-corrected chi connectivity index (χ2v) is 6.36. The van der Waals surface area contributed by atoms with E-state index in [1.54, 1.807) is 11.1 Å². The van der Waals surface area contributed by atoms with Gasteiger partial charge in [0.25, 0.3) is 5.91 Å². The third kappa shape index (κ3) is 2.41. The quantitative estimate of drug-likeness (QED) is 0.748. The van der Waals surface area contributed by atoms with Crippen molar-refractivity contribution in [3.05, 3.63) is 52.7 Å². The van der Waals surface area contributed by atoms with Crippen LogP contribution in [0.4, 0.5) is 0 Å². The van der Waals surface area contributed by atoms with Crippen molar-refractivity contribution in [2.24, 2.45) is 0 Å². The molecule has 1 amide bonds. The third-order valence-corrected chi connectivity index (χ3v) is 4.86. The van der Waals surface area contributed by atoms with Gasteiger partial charge >= 0.3 is 0 Å². The van der Waals surface area contributed by atoms with Crippen molar-refractivity contribution >= 4 is 16.8 Å². The molecule has 1 aliphatic carbocycles. The molecule has 22 heavy (non-hydrogen) atoms. The predicted molar refractivity (Wildman–Crippen MR) is 87.9 cm³/mol. The van der Waals surface area contributed by atoms with Crippen LogP contribution in [0.5, 0.6) is 0 Å². The molecule has 0 atom stereocenters. The molecule has 0 radical (unpaired) electrons. The molecule has 4 rings (SSSR count). The van der Waals surface area contributed by atoms with E-state index in [2.05, 4.69) is 11.9 Å². The smallest absolute Gasteiger partial charge is 0.253 e. The fraction of sp³-hybridized carbons (Fsp3) is 0.368. The third-order valence-electron chi connectivity index (χ3n) is 4.86.